The predicted molar refractivity (Wildman–Crippen MR) is 60.1 cm³/mol. The molecule has 0 saturated heterocycles. The fourth-order valence-corrected chi connectivity index (χ4v) is 1.81. The summed E-state index contributed by atoms with van der Waals surface area (Å²) >= 11 is 0. The Kier molecular flexibility index (Phi) is 2.12. The molecule has 5 heteroatoms. The monoisotopic (exact) mass is 224 g/mol. The minimum Gasteiger partial charge on any atom is -0.343 e. The van der Waals surface area contributed by atoms with Gasteiger partial charge in [-0.1, -0.05) is 11.2 Å². The van der Waals surface area contributed by atoms with E-state index in [9.17, 15) is 0 Å². The van der Waals surface area contributed by atoms with Crippen LogP contribution >= 0.6 is 0 Å². The van der Waals surface area contributed by atoms with Gasteiger partial charge in [-0.2, -0.15) is 10.2 Å². The molecular weight excluding hydrogens is 216 g/mol. The van der Waals surface area contributed by atoms with Gasteiger partial charge in [0.25, 0.3) is 0 Å². The molecule has 0 N–H and O–H groups in total. The van der Waals surface area contributed by atoms with Crippen LogP contribution in [0.5, 0.6) is 0 Å². The Hall–Kier alpha value is -2.61. The number of aromatic nitrogens is 3. The second-order valence-electron chi connectivity index (χ2n) is 3.68. The third-order valence-corrected chi connectivity index (χ3v) is 2.62. The van der Waals surface area contributed by atoms with Crippen molar-refractivity contribution in [1.82, 2.24) is 14.7 Å². The molecule has 0 aliphatic rings. The van der Waals surface area contributed by atoms with Crippen molar-refractivity contribution in [3.8, 4) is 6.07 Å². The normalized spacial score (nSPS) is 10.5. The first-order valence-corrected chi connectivity index (χ1v) is 5.11. The van der Waals surface area contributed by atoms with Gasteiger partial charge in [-0.05, 0) is 23.6 Å². The van der Waals surface area contributed by atoms with Gasteiger partial charge in [0.05, 0.1) is 18.2 Å². The number of fused-ring (bicyclic) bond motifs is 1. The first kappa shape index (κ1) is 9.60. The van der Waals surface area contributed by atoms with Gasteiger partial charge in [-0.3, -0.25) is 0 Å². The summed E-state index contributed by atoms with van der Waals surface area (Å²) < 4.78 is 6.68. The van der Waals surface area contributed by atoms with E-state index >= 15 is 0 Å². The molecule has 0 saturated carbocycles. The Morgan fingerprint density at radius 3 is 3.06 bits per heavy atom. The van der Waals surface area contributed by atoms with Gasteiger partial charge in [-0.25, -0.2) is 0 Å². The molecule has 5 nitrogen and oxygen atoms in total. The lowest BCUT2D eigenvalue weighted by molar-refractivity contribution is 0.408. The van der Waals surface area contributed by atoms with Crippen LogP contribution in [0.15, 0.2) is 41.4 Å². The summed E-state index contributed by atoms with van der Waals surface area (Å²) in [5.41, 5.74) is 1.64. The van der Waals surface area contributed by atoms with Gasteiger partial charge < -0.3 is 9.09 Å². The van der Waals surface area contributed by atoms with E-state index in [4.69, 9.17) is 9.78 Å². The summed E-state index contributed by atoms with van der Waals surface area (Å²) in [4.78, 5) is 3.98. The zero-order valence-electron chi connectivity index (χ0n) is 8.87. The quantitative estimate of drug-likeness (QED) is 0.667. The molecule has 0 unspecified atom stereocenters. The summed E-state index contributed by atoms with van der Waals surface area (Å²) in [6, 6.07) is 9.72. The van der Waals surface area contributed by atoms with E-state index in [0.717, 1.165) is 10.9 Å². The van der Waals surface area contributed by atoms with E-state index in [0.29, 0.717) is 17.9 Å². The highest BCUT2D eigenvalue weighted by molar-refractivity contribution is 5.81. The molecule has 3 rings (SSSR count). The lowest BCUT2D eigenvalue weighted by atomic mass is 10.2. The van der Waals surface area contributed by atoms with Crippen molar-refractivity contribution in [1.29, 1.82) is 5.26 Å². The molecule has 2 aromatic heterocycles. The fraction of sp³-hybridized carbons (Fsp3) is 0.0833. The number of nitriles is 1. The van der Waals surface area contributed by atoms with E-state index in [1.54, 1.807) is 6.07 Å². The van der Waals surface area contributed by atoms with Crippen molar-refractivity contribution in [3.63, 3.8) is 0 Å². The summed E-state index contributed by atoms with van der Waals surface area (Å²) in [6.45, 7) is 0.537. The fourth-order valence-electron chi connectivity index (χ4n) is 1.81. The van der Waals surface area contributed by atoms with E-state index < -0.39 is 0 Å². The number of hydrogen-bond acceptors (Lipinski definition) is 4. The highest BCUT2D eigenvalue weighted by Gasteiger charge is 2.05. The van der Waals surface area contributed by atoms with Crippen LogP contribution in [-0.2, 0) is 6.54 Å². The molecule has 0 radical (unpaired) electrons. The lowest BCUT2D eigenvalue weighted by Crippen LogP contribution is -1.99. The Morgan fingerprint density at radius 2 is 2.29 bits per heavy atom. The van der Waals surface area contributed by atoms with Crippen LogP contribution in [0, 0.1) is 11.3 Å². The smallest absolute Gasteiger partial charge is 0.213 e. The van der Waals surface area contributed by atoms with Crippen LogP contribution in [0.4, 0.5) is 0 Å². The van der Waals surface area contributed by atoms with Crippen molar-refractivity contribution in [2.45, 2.75) is 6.54 Å². The van der Waals surface area contributed by atoms with Crippen molar-refractivity contribution >= 4 is 10.9 Å². The molecule has 0 aliphatic carbocycles. The summed E-state index contributed by atoms with van der Waals surface area (Å²) in [5.74, 6) is 0.616. The third kappa shape index (κ3) is 1.66. The summed E-state index contributed by atoms with van der Waals surface area (Å²) in [7, 11) is 0. The molecule has 1 aromatic carbocycles. The topological polar surface area (TPSA) is 67.6 Å². The highest BCUT2D eigenvalue weighted by Crippen LogP contribution is 2.18. The first-order chi connectivity index (χ1) is 8.36. The zero-order valence-corrected chi connectivity index (χ0v) is 8.87. The molecule has 3 aromatic rings. The van der Waals surface area contributed by atoms with Crippen molar-refractivity contribution in [3.05, 3.63) is 48.2 Å². The summed E-state index contributed by atoms with van der Waals surface area (Å²) in [6.07, 6.45) is 3.25. The Morgan fingerprint density at radius 1 is 1.35 bits per heavy atom. The molecule has 2 heterocycles. The molecule has 17 heavy (non-hydrogen) atoms. The molecule has 0 bridgehead atoms. The van der Waals surface area contributed by atoms with Crippen LogP contribution in [0.25, 0.3) is 10.9 Å². The molecule has 0 aliphatic heterocycles. The number of nitrogens with zero attached hydrogens (tertiary/aromatic N) is 4. The zero-order chi connectivity index (χ0) is 11.7. The second-order valence-corrected chi connectivity index (χ2v) is 3.68. The van der Waals surface area contributed by atoms with Gasteiger partial charge in [-0.15, -0.1) is 0 Å². The maximum absolute atomic E-state index is 8.88. The van der Waals surface area contributed by atoms with E-state index in [1.807, 2.05) is 29.0 Å². The third-order valence-electron chi connectivity index (χ3n) is 2.62. The van der Waals surface area contributed by atoms with Crippen molar-refractivity contribution in [2.24, 2.45) is 0 Å². The molecular formula is C12H8N4O. The number of rotatable bonds is 2. The molecule has 0 fully saturated rings. The first-order valence-electron chi connectivity index (χ1n) is 5.11. The Labute approximate surface area is 96.9 Å². The lowest BCUT2D eigenvalue weighted by Gasteiger charge is -2.01. The van der Waals surface area contributed by atoms with E-state index in [2.05, 4.69) is 16.2 Å². The standard InChI is InChI=1S/C12H8N4O/c13-6-9-1-2-10-3-4-16(11(10)5-9)7-12-14-8-17-15-12/h1-5,8H,7H2. The maximum atomic E-state index is 8.88. The highest BCUT2D eigenvalue weighted by atomic mass is 16.5. The van der Waals surface area contributed by atoms with Gasteiger partial charge in [0.1, 0.15) is 0 Å². The largest absolute Gasteiger partial charge is 0.343 e. The molecule has 82 valence electrons. The van der Waals surface area contributed by atoms with Crippen LogP contribution in [0.2, 0.25) is 0 Å². The van der Waals surface area contributed by atoms with Crippen molar-refractivity contribution in [2.75, 3.05) is 0 Å². The van der Waals surface area contributed by atoms with Crippen LogP contribution in [0.1, 0.15) is 11.4 Å². The predicted octanol–water partition coefficient (Wildman–Crippen LogP) is 1.94. The minimum atomic E-state index is 0.537. The van der Waals surface area contributed by atoms with Crippen LogP contribution in [-0.4, -0.2) is 14.7 Å². The van der Waals surface area contributed by atoms with E-state index in [-0.39, 0.29) is 0 Å². The number of hydrogen-bond donors (Lipinski definition) is 0. The average molecular weight is 224 g/mol. The van der Waals surface area contributed by atoms with Gasteiger partial charge in [0, 0.05) is 11.7 Å². The second kappa shape index (κ2) is 3.76. The van der Waals surface area contributed by atoms with Crippen LogP contribution < -0.4 is 0 Å². The van der Waals surface area contributed by atoms with Crippen LogP contribution in [0.3, 0.4) is 0 Å². The average Bonchev–Trinajstić information content (AvgIpc) is 2.99. The number of benzene rings is 1. The maximum Gasteiger partial charge on any atom is 0.213 e. The summed E-state index contributed by atoms with van der Waals surface area (Å²) in [5, 5.41) is 13.7. The van der Waals surface area contributed by atoms with Crippen molar-refractivity contribution < 1.29 is 4.52 Å². The Balaban J connectivity index is 2.08. The minimum absolute atomic E-state index is 0.537. The van der Waals surface area contributed by atoms with Gasteiger partial charge in [0.15, 0.2) is 5.82 Å². The molecule has 0 spiro atoms. The van der Waals surface area contributed by atoms with E-state index in [1.165, 1.54) is 6.39 Å². The Bertz CT molecular complexity index is 691. The molecule has 0 atom stereocenters. The SMILES string of the molecule is N#Cc1ccc2ccn(Cc3ncon3)c2c1. The molecule has 0 amide bonds. The van der Waals surface area contributed by atoms with Gasteiger partial charge in [0.2, 0.25) is 6.39 Å². The van der Waals surface area contributed by atoms with Gasteiger partial charge >= 0.3 is 0 Å².